The van der Waals surface area contributed by atoms with Crippen LogP contribution in [-0.2, 0) is 18.3 Å². The van der Waals surface area contributed by atoms with Crippen molar-refractivity contribution in [2.45, 2.75) is 22.9 Å². The number of fused-ring (bicyclic) bond motifs is 1. The Labute approximate surface area is 161 Å². The molecular weight excluding hydrogens is 360 g/mol. The highest BCUT2D eigenvalue weighted by atomic mass is 32.2. The summed E-state index contributed by atoms with van der Waals surface area (Å²) in [6, 6.07) is 13.0. The van der Waals surface area contributed by atoms with Gasteiger partial charge < -0.3 is 15.2 Å². The zero-order chi connectivity index (χ0) is 18.8. The normalized spacial score (nSPS) is 13.0. The topological polar surface area (TPSA) is 76.0 Å². The molecule has 1 aromatic heterocycles. The van der Waals surface area contributed by atoms with Crippen molar-refractivity contribution in [3.05, 3.63) is 66.0 Å². The number of hydrogen-bond acceptors (Lipinski definition) is 4. The van der Waals surface area contributed by atoms with Gasteiger partial charge in [-0.15, -0.1) is 0 Å². The number of nitrogens with one attached hydrogen (secondary N) is 2. The van der Waals surface area contributed by atoms with E-state index in [1.54, 1.807) is 30.1 Å². The molecule has 0 saturated heterocycles. The fourth-order valence-electron chi connectivity index (χ4n) is 2.89. The van der Waals surface area contributed by atoms with Crippen LogP contribution < -0.4 is 10.6 Å². The van der Waals surface area contributed by atoms with E-state index in [2.05, 4.69) is 15.6 Å². The van der Waals surface area contributed by atoms with Gasteiger partial charge in [-0.05, 0) is 54.4 Å². The van der Waals surface area contributed by atoms with Crippen LogP contribution in [0.25, 0.3) is 0 Å². The highest BCUT2D eigenvalue weighted by molar-refractivity contribution is 7.99. The second-order valence-corrected chi connectivity index (χ2v) is 7.36. The molecular formula is C20H18N4O2S. The highest BCUT2D eigenvalue weighted by Crippen LogP contribution is 2.27. The third-order valence-corrected chi connectivity index (χ3v) is 5.45. The van der Waals surface area contributed by atoms with E-state index >= 15 is 0 Å². The number of amides is 2. The Morgan fingerprint density at radius 3 is 2.74 bits per heavy atom. The van der Waals surface area contributed by atoms with E-state index in [0.29, 0.717) is 18.4 Å². The van der Waals surface area contributed by atoms with E-state index in [4.69, 9.17) is 0 Å². The Morgan fingerprint density at radius 2 is 2.00 bits per heavy atom. The molecule has 0 fully saturated rings. The van der Waals surface area contributed by atoms with Crippen LogP contribution >= 0.6 is 11.8 Å². The van der Waals surface area contributed by atoms with Crippen LogP contribution in [0.4, 0.5) is 11.4 Å². The number of aromatic nitrogens is 2. The molecule has 2 aromatic carbocycles. The van der Waals surface area contributed by atoms with E-state index in [1.807, 2.05) is 48.1 Å². The molecule has 0 saturated carbocycles. The zero-order valence-electron chi connectivity index (χ0n) is 14.7. The maximum atomic E-state index is 12.5. The Kier molecular flexibility index (Phi) is 4.68. The number of benzene rings is 2. The van der Waals surface area contributed by atoms with Crippen molar-refractivity contribution < 1.29 is 9.59 Å². The summed E-state index contributed by atoms with van der Waals surface area (Å²) in [7, 11) is 1.95. The van der Waals surface area contributed by atoms with Crippen molar-refractivity contribution in [3.8, 4) is 0 Å². The molecule has 2 amide bonds. The molecule has 4 rings (SSSR count). The van der Waals surface area contributed by atoms with Gasteiger partial charge in [0.1, 0.15) is 0 Å². The van der Waals surface area contributed by atoms with Gasteiger partial charge in [-0.3, -0.25) is 9.59 Å². The lowest BCUT2D eigenvalue weighted by Crippen LogP contribution is -2.20. The predicted molar refractivity (Wildman–Crippen MR) is 105 cm³/mol. The standard InChI is InChI=1S/C20H18N4O2S/c1-24-11-10-21-20(24)27-16-6-4-15(5-7-16)22-19(26)14-2-8-17-13(12-14)3-9-18(25)23-17/h2,4-8,10-12H,3,9H2,1H3,(H,22,26)(H,23,25). The summed E-state index contributed by atoms with van der Waals surface area (Å²) in [5.41, 5.74) is 3.09. The van der Waals surface area contributed by atoms with Crippen LogP contribution in [0.2, 0.25) is 0 Å². The lowest BCUT2D eigenvalue weighted by molar-refractivity contribution is -0.116. The van der Waals surface area contributed by atoms with Crippen LogP contribution in [-0.4, -0.2) is 21.4 Å². The van der Waals surface area contributed by atoms with Crippen molar-refractivity contribution in [2.75, 3.05) is 10.6 Å². The quantitative estimate of drug-likeness (QED) is 0.726. The SMILES string of the molecule is Cn1ccnc1Sc1ccc(NC(=O)c2ccc3c(c2)CCC(=O)N3)cc1. The fourth-order valence-corrected chi connectivity index (χ4v) is 3.69. The Balaban J connectivity index is 1.44. The lowest BCUT2D eigenvalue weighted by Gasteiger charge is -2.17. The molecule has 6 nitrogen and oxygen atoms in total. The van der Waals surface area contributed by atoms with Gasteiger partial charge >= 0.3 is 0 Å². The maximum absolute atomic E-state index is 12.5. The maximum Gasteiger partial charge on any atom is 0.255 e. The van der Waals surface area contributed by atoms with Gasteiger partial charge in [-0.2, -0.15) is 0 Å². The molecule has 7 heteroatoms. The summed E-state index contributed by atoms with van der Waals surface area (Å²) in [6.07, 6.45) is 4.77. The fraction of sp³-hybridized carbons (Fsp3) is 0.150. The smallest absolute Gasteiger partial charge is 0.255 e. The Bertz CT molecular complexity index is 1010. The predicted octanol–water partition coefficient (Wildman–Crippen LogP) is 3.71. The monoisotopic (exact) mass is 378 g/mol. The first-order valence-electron chi connectivity index (χ1n) is 8.58. The molecule has 27 heavy (non-hydrogen) atoms. The van der Waals surface area contributed by atoms with Crippen molar-refractivity contribution in [3.63, 3.8) is 0 Å². The lowest BCUT2D eigenvalue weighted by atomic mass is 10.00. The number of imidazole rings is 1. The van der Waals surface area contributed by atoms with Gasteiger partial charge in [-0.1, -0.05) is 11.8 Å². The van der Waals surface area contributed by atoms with Gasteiger partial charge in [0, 0.05) is 47.7 Å². The molecule has 0 unspecified atom stereocenters. The van der Waals surface area contributed by atoms with E-state index in [0.717, 1.165) is 27.0 Å². The highest BCUT2D eigenvalue weighted by Gasteiger charge is 2.16. The zero-order valence-corrected chi connectivity index (χ0v) is 15.5. The van der Waals surface area contributed by atoms with Gasteiger partial charge in [0.05, 0.1) is 0 Å². The van der Waals surface area contributed by atoms with Crippen molar-refractivity contribution in [2.24, 2.45) is 7.05 Å². The van der Waals surface area contributed by atoms with Crippen LogP contribution in [0.5, 0.6) is 0 Å². The summed E-state index contributed by atoms with van der Waals surface area (Å²) in [4.78, 5) is 29.3. The van der Waals surface area contributed by atoms with Crippen LogP contribution in [0.3, 0.4) is 0 Å². The largest absolute Gasteiger partial charge is 0.329 e. The van der Waals surface area contributed by atoms with Gasteiger partial charge in [0.25, 0.3) is 5.91 Å². The Hall–Kier alpha value is -3.06. The molecule has 1 aliphatic heterocycles. The number of aryl methyl sites for hydroxylation is 2. The molecule has 2 N–H and O–H groups in total. The van der Waals surface area contributed by atoms with Crippen molar-refractivity contribution in [1.82, 2.24) is 9.55 Å². The first kappa shape index (κ1) is 17.4. The van der Waals surface area contributed by atoms with Crippen LogP contribution in [0, 0.1) is 0 Å². The molecule has 3 aromatic rings. The summed E-state index contributed by atoms with van der Waals surface area (Å²) in [6.45, 7) is 0. The number of carbonyl (C=O) groups is 2. The van der Waals surface area contributed by atoms with Crippen LogP contribution in [0.15, 0.2) is 64.9 Å². The summed E-state index contributed by atoms with van der Waals surface area (Å²) < 4.78 is 1.96. The van der Waals surface area contributed by atoms with E-state index in [9.17, 15) is 9.59 Å². The third-order valence-electron chi connectivity index (χ3n) is 4.36. The minimum atomic E-state index is -0.167. The molecule has 1 aliphatic rings. The van der Waals surface area contributed by atoms with Gasteiger partial charge in [-0.25, -0.2) is 4.98 Å². The molecule has 0 radical (unpaired) electrons. The first-order chi connectivity index (χ1) is 13.1. The van der Waals surface area contributed by atoms with E-state index in [1.165, 1.54) is 0 Å². The van der Waals surface area contributed by atoms with E-state index < -0.39 is 0 Å². The first-order valence-corrected chi connectivity index (χ1v) is 9.39. The summed E-state index contributed by atoms with van der Waals surface area (Å²) >= 11 is 1.57. The van der Waals surface area contributed by atoms with Gasteiger partial charge in [0.2, 0.25) is 5.91 Å². The second kappa shape index (κ2) is 7.28. The summed E-state index contributed by atoms with van der Waals surface area (Å²) in [5, 5.41) is 6.65. The Morgan fingerprint density at radius 1 is 1.19 bits per heavy atom. The minimum Gasteiger partial charge on any atom is -0.329 e. The molecule has 0 atom stereocenters. The molecule has 2 heterocycles. The molecule has 0 aliphatic carbocycles. The summed E-state index contributed by atoms with van der Waals surface area (Å²) in [5.74, 6) is -0.151. The van der Waals surface area contributed by atoms with E-state index in [-0.39, 0.29) is 11.8 Å². The number of nitrogens with zero attached hydrogens (tertiary/aromatic N) is 2. The third kappa shape index (κ3) is 3.88. The van der Waals surface area contributed by atoms with Crippen LogP contribution in [0.1, 0.15) is 22.3 Å². The number of carbonyl (C=O) groups excluding carboxylic acids is 2. The number of hydrogen-bond donors (Lipinski definition) is 2. The number of anilines is 2. The second-order valence-electron chi connectivity index (χ2n) is 6.32. The molecule has 136 valence electrons. The minimum absolute atomic E-state index is 0.0169. The average molecular weight is 378 g/mol. The number of rotatable bonds is 4. The van der Waals surface area contributed by atoms with Gasteiger partial charge in [0.15, 0.2) is 5.16 Å². The van der Waals surface area contributed by atoms with Crippen molar-refractivity contribution in [1.29, 1.82) is 0 Å². The molecule has 0 bridgehead atoms. The van der Waals surface area contributed by atoms with Crippen molar-refractivity contribution >= 4 is 35.0 Å². The molecule has 0 spiro atoms. The average Bonchev–Trinajstić information content (AvgIpc) is 3.07.